The van der Waals surface area contributed by atoms with Crippen LogP contribution in [0.25, 0.3) is 0 Å². The van der Waals surface area contributed by atoms with Gasteiger partial charge in [0.15, 0.2) is 0 Å². The maximum atomic E-state index is 12.2. The highest BCUT2D eigenvalue weighted by Gasteiger charge is 2.30. The second kappa shape index (κ2) is 6.45. The van der Waals surface area contributed by atoms with Gasteiger partial charge in [-0.05, 0) is 24.3 Å². The second-order valence-electron chi connectivity index (χ2n) is 4.58. The van der Waals surface area contributed by atoms with Gasteiger partial charge in [-0.2, -0.15) is 0 Å². The fourth-order valence-corrected chi connectivity index (χ4v) is 2.13. The third-order valence-electron chi connectivity index (χ3n) is 3.03. The van der Waals surface area contributed by atoms with E-state index in [2.05, 4.69) is 5.32 Å². The molecule has 112 valence electrons. The lowest BCUT2D eigenvalue weighted by molar-refractivity contribution is -0.125. The number of primary amides is 1. The van der Waals surface area contributed by atoms with Crippen LogP contribution in [0.5, 0.6) is 0 Å². The summed E-state index contributed by atoms with van der Waals surface area (Å²) in [6, 6.07) is 6.64. The van der Waals surface area contributed by atoms with E-state index in [1.54, 1.807) is 29.2 Å². The fraction of sp³-hybridized carbons (Fsp3) is 0.308. The van der Waals surface area contributed by atoms with Crippen molar-refractivity contribution in [2.75, 3.05) is 31.1 Å². The molecule has 1 aliphatic rings. The number of hydrogen-bond acceptors (Lipinski definition) is 3. The number of hydrogen-bond donors (Lipinski definition) is 2. The average Bonchev–Trinajstić information content (AvgIpc) is 2.79. The number of rotatable bonds is 5. The van der Waals surface area contributed by atoms with E-state index in [1.807, 2.05) is 0 Å². The van der Waals surface area contributed by atoms with Crippen molar-refractivity contribution in [3.8, 4) is 0 Å². The molecule has 2 rings (SSSR count). The number of nitrogens with zero attached hydrogens (tertiary/aromatic N) is 2. The molecule has 0 saturated carbocycles. The molecule has 21 heavy (non-hydrogen) atoms. The molecule has 1 fully saturated rings. The molecule has 0 atom stereocenters. The summed E-state index contributed by atoms with van der Waals surface area (Å²) in [5, 5.41) is 2.94. The molecule has 0 aliphatic carbocycles. The molecule has 0 spiro atoms. The Kier molecular flexibility index (Phi) is 4.64. The first-order valence-corrected chi connectivity index (χ1v) is 6.72. The molecule has 0 radical (unpaired) electrons. The van der Waals surface area contributed by atoms with E-state index < -0.39 is 11.8 Å². The van der Waals surface area contributed by atoms with Crippen molar-refractivity contribution in [1.82, 2.24) is 10.2 Å². The first-order valence-electron chi connectivity index (χ1n) is 6.34. The third-order valence-corrected chi connectivity index (χ3v) is 3.28. The Labute approximate surface area is 126 Å². The fourth-order valence-electron chi connectivity index (χ4n) is 2.00. The van der Waals surface area contributed by atoms with E-state index in [-0.39, 0.29) is 19.1 Å². The molecule has 7 nitrogen and oxygen atoms in total. The number of urea groups is 1. The monoisotopic (exact) mass is 310 g/mol. The zero-order valence-electron chi connectivity index (χ0n) is 11.2. The third kappa shape index (κ3) is 3.85. The predicted octanol–water partition coefficient (Wildman–Crippen LogP) is 0.183. The molecule has 3 N–H and O–H groups in total. The van der Waals surface area contributed by atoms with Gasteiger partial charge in [-0.1, -0.05) is 11.6 Å². The molecule has 1 aromatic rings. The highest BCUT2D eigenvalue weighted by molar-refractivity contribution is 6.30. The van der Waals surface area contributed by atoms with Gasteiger partial charge < -0.3 is 16.0 Å². The first kappa shape index (κ1) is 15.1. The first-order chi connectivity index (χ1) is 9.97. The summed E-state index contributed by atoms with van der Waals surface area (Å²) in [4.78, 5) is 37.4. The summed E-state index contributed by atoms with van der Waals surface area (Å²) in [6.45, 7) is 0.590. The normalized spacial score (nSPS) is 14.4. The van der Waals surface area contributed by atoms with E-state index in [0.717, 1.165) is 5.69 Å². The Morgan fingerprint density at radius 1 is 1.24 bits per heavy atom. The van der Waals surface area contributed by atoms with Crippen LogP contribution in [0.4, 0.5) is 10.5 Å². The Bertz CT molecular complexity index is 561. The number of carbonyl (C=O) groups excluding carboxylic acids is 3. The van der Waals surface area contributed by atoms with Crippen molar-refractivity contribution < 1.29 is 14.4 Å². The molecule has 4 amide bonds. The minimum absolute atomic E-state index is 0.101. The highest BCUT2D eigenvalue weighted by atomic mass is 35.5. The largest absolute Gasteiger partial charge is 0.368 e. The van der Waals surface area contributed by atoms with E-state index in [9.17, 15) is 14.4 Å². The zero-order valence-corrected chi connectivity index (χ0v) is 12.0. The van der Waals surface area contributed by atoms with Gasteiger partial charge in [0.25, 0.3) is 0 Å². The maximum Gasteiger partial charge on any atom is 0.325 e. The summed E-state index contributed by atoms with van der Waals surface area (Å²) >= 11 is 5.81. The molecule has 0 unspecified atom stereocenters. The Morgan fingerprint density at radius 3 is 2.52 bits per heavy atom. The summed E-state index contributed by atoms with van der Waals surface area (Å²) < 4.78 is 0. The van der Waals surface area contributed by atoms with E-state index in [0.29, 0.717) is 18.1 Å². The number of anilines is 1. The van der Waals surface area contributed by atoms with Crippen LogP contribution in [-0.4, -0.2) is 48.9 Å². The topological polar surface area (TPSA) is 95.7 Å². The van der Waals surface area contributed by atoms with Crippen LogP contribution in [0.1, 0.15) is 0 Å². The van der Waals surface area contributed by atoms with Gasteiger partial charge in [0.1, 0.15) is 6.54 Å². The minimum atomic E-state index is -0.626. The molecule has 1 saturated heterocycles. The number of halogens is 1. The summed E-state index contributed by atoms with van der Waals surface area (Å²) in [5.41, 5.74) is 5.66. The quantitative estimate of drug-likeness (QED) is 0.812. The number of benzene rings is 1. The number of nitrogens with one attached hydrogen (secondary N) is 1. The van der Waals surface area contributed by atoms with Gasteiger partial charge in [-0.3, -0.25) is 14.5 Å². The van der Waals surface area contributed by atoms with Crippen LogP contribution < -0.4 is 16.0 Å². The molecule has 1 heterocycles. The lowest BCUT2D eigenvalue weighted by atomic mass is 10.3. The number of amides is 4. The zero-order chi connectivity index (χ0) is 15.4. The van der Waals surface area contributed by atoms with Crippen LogP contribution >= 0.6 is 11.6 Å². The van der Waals surface area contributed by atoms with Gasteiger partial charge in [0.05, 0.1) is 6.54 Å². The lowest BCUT2D eigenvalue weighted by Crippen LogP contribution is -2.42. The molecular formula is C13H15ClN4O3. The molecule has 0 bridgehead atoms. The van der Waals surface area contributed by atoms with Crippen molar-refractivity contribution in [3.63, 3.8) is 0 Å². The van der Waals surface area contributed by atoms with Crippen LogP contribution in [0.3, 0.4) is 0 Å². The predicted molar refractivity (Wildman–Crippen MR) is 78.0 cm³/mol. The average molecular weight is 311 g/mol. The Morgan fingerprint density at radius 2 is 1.90 bits per heavy atom. The van der Waals surface area contributed by atoms with Crippen molar-refractivity contribution >= 4 is 35.1 Å². The summed E-state index contributed by atoms with van der Waals surface area (Å²) in [5.74, 6) is -1.04. The standard InChI is InChI=1S/C13H15ClN4O3/c14-9-1-3-10(4-2-9)18-6-5-17(13(18)21)8-12(20)16-7-11(15)19/h1-4H,5-8H2,(H2,15,19)(H,16,20). The van der Waals surface area contributed by atoms with Gasteiger partial charge >= 0.3 is 6.03 Å². The smallest absolute Gasteiger partial charge is 0.325 e. The SMILES string of the molecule is NC(=O)CNC(=O)CN1CCN(c2ccc(Cl)cc2)C1=O. The number of carbonyl (C=O) groups is 3. The van der Waals surface area contributed by atoms with Crippen LogP contribution in [0.15, 0.2) is 24.3 Å². The van der Waals surface area contributed by atoms with Gasteiger partial charge in [0.2, 0.25) is 11.8 Å². The van der Waals surface area contributed by atoms with Crippen molar-refractivity contribution in [1.29, 1.82) is 0 Å². The molecular weight excluding hydrogens is 296 g/mol. The van der Waals surface area contributed by atoms with E-state index >= 15 is 0 Å². The summed E-state index contributed by atoms with van der Waals surface area (Å²) in [7, 11) is 0. The number of nitrogens with two attached hydrogens (primary N) is 1. The highest BCUT2D eigenvalue weighted by Crippen LogP contribution is 2.22. The van der Waals surface area contributed by atoms with Gasteiger partial charge in [-0.15, -0.1) is 0 Å². The van der Waals surface area contributed by atoms with Crippen LogP contribution in [0.2, 0.25) is 5.02 Å². The maximum absolute atomic E-state index is 12.2. The van der Waals surface area contributed by atoms with Gasteiger partial charge in [-0.25, -0.2) is 4.79 Å². The van der Waals surface area contributed by atoms with E-state index in [4.69, 9.17) is 17.3 Å². The van der Waals surface area contributed by atoms with Crippen molar-refractivity contribution in [2.45, 2.75) is 0 Å². The van der Waals surface area contributed by atoms with Crippen molar-refractivity contribution in [3.05, 3.63) is 29.3 Å². The molecule has 8 heteroatoms. The Balaban J connectivity index is 1.93. The van der Waals surface area contributed by atoms with Gasteiger partial charge in [0, 0.05) is 23.8 Å². The minimum Gasteiger partial charge on any atom is -0.368 e. The summed E-state index contributed by atoms with van der Waals surface area (Å²) in [6.07, 6.45) is 0. The second-order valence-corrected chi connectivity index (χ2v) is 5.01. The van der Waals surface area contributed by atoms with E-state index in [1.165, 1.54) is 4.90 Å². The Hall–Kier alpha value is -2.28. The molecule has 0 aromatic heterocycles. The lowest BCUT2D eigenvalue weighted by Gasteiger charge is -2.18. The van der Waals surface area contributed by atoms with Crippen LogP contribution in [0, 0.1) is 0 Å². The molecule has 1 aliphatic heterocycles. The van der Waals surface area contributed by atoms with Crippen LogP contribution in [-0.2, 0) is 9.59 Å². The van der Waals surface area contributed by atoms with Crippen molar-refractivity contribution in [2.24, 2.45) is 5.73 Å². The molecule has 1 aromatic carbocycles.